The van der Waals surface area contributed by atoms with Gasteiger partial charge in [0.2, 0.25) is 0 Å². The molecule has 2 heteroatoms. The molecule has 0 spiro atoms. The van der Waals surface area contributed by atoms with Gasteiger partial charge < -0.3 is 4.90 Å². The standard InChI is InChI=1S/C12H14N2/c1-11(8-9-13)14(2)10-12-6-4-3-5-7-12/h3-8H,10H2,1-2H3/b11-8-. The molecule has 0 heterocycles. The molecule has 0 atom stereocenters. The Labute approximate surface area is 85.1 Å². The Hall–Kier alpha value is -1.75. The predicted octanol–water partition coefficient (Wildman–Crippen LogP) is 2.55. The summed E-state index contributed by atoms with van der Waals surface area (Å²) >= 11 is 0. The smallest absolute Gasteiger partial charge is 0.0930 e. The van der Waals surface area contributed by atoms with Crippen molar-refractivity contribution in [3.05, 3.63) is 47.7 Å². The predicted molar refractivity (Wildman–Crippen MR) is 57.3 cm³/mol. The van der Waals surface area contributed by atoms with Crippen LogP contribution >= 0.6 is 0 Å². The molecule has 0 amide bonds. The normalized spacial score (nSPS) is 10.8. The molecule has 0 aliphatic heterocycles. The van der Waals surface area contributed by atoms with E-state index in [1.165, 1.54) is 5.56 Å². The molecule has 1 aromatic rings. The number of nitriles is 1. The van der Waals surface area contributed by atoms with Crippen molar-refractivity contribution in [1.82, 2.24) is 4.90 Å². The molecule has 0 saturated carbocycles. The summed E-state index contributed by atoms with van der Waals surface area (Å²) in [6.45, 7) is 2.77. The third-order valence-electron chi connectivity index (χ3n) is 2.14. The fraction of sp³-hybridized carbons (Fsp3) is 0.250. The summed E-state index contributed by atoms with van der Waals surface area (Å²) in [4.78, 5) is 2.05. The average Bonchev–Trinajstić information content (AvgIpc) is 2.19. The maximum absolute atomic E-state index is 8.50. The lowest BCUT2D eigenvalue weighted by atomic mass is 10.2. The molecule has 0 aromatic heterocycles. The van der Waals surface area contributed by atoms with Crippen LogP contribution in [0.2, 0.25) is 0 Å². The highest BCUT2D eigenvalue weighted by molar-refractivity contribution is 5.17. The van der Waals surface area contributed by atoms with E-state index in [9.17, 15) is 0 Å². The van der Waals surface area contributed by atoms with Crippen LogP contribution in [-0.2, 0) is 6.54 Å². The van der Waals surface area contributed by atoms with Crippen LogP contribution in [0.5, 0.6) is 0 Å². The molecular formula is C12H14N2. The lowest BCUT2D eigenvalue weighted by Gasteiger charge is -2.18. The van der Waals surface area contributed by atoms with Crippen molar-refractivity contribution in [3.63, 3.8) is 0 Å². The van der Waals surface area contributed by atoms with Gasteiger partial charge in [-0.2, -0.15) is 5.26 Å². The monoisotopic (exact) mass is 186 g/mol. The minimum atomic E-state index is 0.838. The number of rotatable bonds is 3. The van der Waals surface area contributed by atoms with Crippen LogP contribution in [0.3, 0.4) is 0 Å². The van der Waals surface area contributed by atoms with E-state index < -0.39 is 0 Å². The van der Waals surface area contributed by atoms with E-state index in [4.69, 9.17) is 5.26 Å². The fourth-order valence-electron chi connectivity index (χ4n) is 1.19. The number of hydrogen-bond acceptors (Lipinski definition) is 2. The molecule has 1 aromatic carbocycles. The maximum atomic E-state index is 8.50. The van der Waals surface area contributed by atoms with Gasteiger partial charge in [-0.3, -0.25) is 0 Å². The largest absolute Gasteiger partial charge is 0.373 e. The van der Waals surface area contributed by atoms with Gasteiger partial charge in [0.25, 0.3) is 0 Å². The first-order chi connectivity index (χ1) is 6.74. The van der Waals surface area contributed by atoms with Crippen LogP contribution in [0.4, 0.5) is 0 Å². The molecule has 0 fully saturated rings. The van der Waals surface area contributed by atoms with Crippen molar-refractivity contribution in [1.29, 1.82) is 5.26 Å². The first kappa shape index (κ1) is 10.3. The molecule has 1 rings (SSSR count). The highest BCUT2D eigenvalue weighted by Gasteiger charge is 1.99. The first-order valence-corrected chi connectivity index (χ1v) is 4.55. The van der Waals surface area contributed by atoms with Crippen molar-refractivity contribution in [3.8, 4) is 6.07 Å². The van der Waals surface area contributed by atoms with Crippen molar-refractivity contribution >= 4 is 0 Å². The molecule has 72 valence electrons. The summed E-state index contributed by atoms with van der Waals surface area (Å²) in [6, 6.07) is 12.2. The van der Waals surface area contributed by atoms with Gasteiger partial charge in [0.1, 0.15) is 0 Å². The third kappa shape index (κ3) is 2.95. The van der Waals surface area contributed by atoms with Crippen LogP contribution in [0.25, 0.3) is 0 Å². The van der Waals surface area contributed by atoms with E-state index in [0.29, 0.717) is 0 Å². The molecule has 0 saturated heterocycles. The van der Waals surface area contributed by atoms with E-state index in [0.717, 1.165) is 12.2 Å². The SMILES string of the molecule is C/C(=C/C#N)N(C)Cc1ccccc1. The molecule has 0 aliphatic carbocycles. The van der Waals surface area contributed by atoms with E-state index in [-0.39, 0.29) is 0 Å². The lowest BCUT2D eigenvalue weighted by molar-refractivity contribution is 0.412. The average molecular weight is 186 g/mol. The van der Waals surface area contributed by atoms with Crippen molar-refractivity contribution in [2.75, 3.05) is 7.05 Å². The van der Waals surface area contributed by atoms with E-state index in [1.807, 2.05) is 38.2 Å². The Morgan fingerprint density at radius 1 is 1.43 bits per heavy atom. The second kappa shape index (κ2) is 5.08. The molecule has 0 N–H and O–H groups in total. The molecular weight excluding hydrogens is 172 g/mol. The number of benzene rings is 1. The van der Waals surface area contributed by atoms with Crippen molar-refractivity contribution < 1.29 is 0 Å². The van der Waals surface area contributed by atoms with E-state index in [1.54, 1.807) is 6.08 Å². The second-order valence-corrected chi connectivity index (χ2v) is 3.26. The molecule has 0 radical (unpaired) electrons. The van der Waals surface area contributed by atoms with Gasteiger partial charge in [-0.15, -0.1) is 0 Å². The fourth-order valence-corrected chi connectivity index (χ4v) is 1.19. The zero-order valence-electron chi connectivity index (χ0n) is 8.57. The minimum Gasteiger partial charge on any atom is -0.373 e. The Morgan fingerprint density at radius 2 is 2.07 bits per heavy atom. The zero-order chi connectivity index (χ0) is 10.4. The summed E-state index contributed by atoms with van der Waals surface area (Å²) in [5.74, 6) is 0. The third-order valence-corrected chi connectivity index (χ3v) is 2.14. The number of hydrogen-bond donors (Lipinski definition) is 0. The molecule has 0 aliphatic rings. The summed E-state index contributed by atoms with van der Waals surface area (Å²) in [5, 5.41) is 8.50. The number of allylic oxidation sites excluding steroid dienone is 2. The van der Waals surface area contributed by atoms with Crippen LogP contribution in [-0.4, -0.2) is 11.9 Å². The van der Waals surface area contributed by atoms with Crippen LogP contribution < -0.4 is 0 Å². The zero-order valence-corrected chi connectivity index (χ0v) is 8.57. The Kier molecular flexibility index (Phi) is 3.75. The van der Waals surface area contributed by atoms with E-state index >= 15 is 0 Å². The Balaban J connectivity index is 2.63. The summed E-state index contributed by atoms with van der Waals surface area (Å²) in [7, 11) is 1.98. The molecule has 0 unspecified atom stereocenters. The highest BCUT2D eigenvalue weighted by atomic mass is 15.1. The summed E-state index contributed by atoms with van der Waals surface area (Å²) in [5.41, 5.74) is 2.23. The molecule has 14 heavy (non-hydrogen) atoms. The molecule has 2 nitrogen and oxygen atoms in total. The highest BCUT2D eigenvalue weighted by Crippen LogP contribution is 2.07. The first-order valence-electron chi connectivity index (χ1n) is 4.55. The van der Waals surface area contributed by atoms with Gasteiger partial charge in [-0.05, 0) is 12.5 Å². The number of nitrogens with zero attached hydrogens (tertiary/aromatic N) is 2. The second-order valence-electron chi connectivity index (χ2n) is 3.26. The van der Waals surface area contributed by atoms with Gasteiger partial charge in [-0.1, -0.05) is 30.3 Å². The topological polar surface area (TPSA) is 27.0 Å². The van der Waals surface area contributed by atoms with Crippen LogP contribution in [0, 0.1) is 11.3 Å². The summed E-state index contributed by atoms with van der Waals surface area (Å²) < 4.78 is 0. The van der Waals surface area contributed by atoms with Gasteiger partial charge in [0, 0.05) is 25.4 Å². The van der Waals surface area contributed by atoms with Crippen LogP contribution in [0.1, 0.15) is 12.5 Å². The summed E-state index contributed by atoms with van der Waals surface area (Å²) in [6.07, 6.45) is 1.56. The van der Waals surface area contributed by atoms with Crippen molar-refractivity contribution in [2.24, 2.45) is 0 Å². The Bertz CT molecular complexity index is 346. The van der Waals surface area contributed by atoms with Gasteiger partial charge in [0.15, 0.2) is 0 Å². The van der Waals surface area contributed by atoms with Crippen LogP contribution in [0.15, 0.2) is 42.1 Å². The molecule has 0 bridgehead atoms. The quantitative estimate of drug-likeness (QED) is 0.678. The van der Waals surface area contributed by atoms with Crippen molar-refractivity contribution in [2.45, 2.75) is 13.5 Å². The van der Waals surface area contributed by atoms with Gasteiger partial charge >= 0.3 is 0 Å². The maximum Gasteiger partial charge on any atom is 0.0930 e. The van der Waals surface area contributed by atoms with Gasteiger partial charge in [0.05, 0.1) is 6.07 Å². The van der Waals surface area contributed by atoms with Gasteiger partial charge in [-0.25, -0.2) is 0 Å². The minimum absolute atomic E-state index is 0.838. The lowest BCUT2D eigenvalue weighted by Crippen LogP contribution is -2.15. The van der Waals surface area contributed by atoms with E-state index in [2.05, 4.69) is 17.0 Å². The Morgan fingerprint density at radius 3 is 2.64 bits per heavy atom.